The second-order valence-corrected chi connectivity index (χ2v) is 5.52. The molecule has 0 unspecified atom stereocenters. The molecule has 1 aliphatic carbocycles. The van der Waals surface area contributed by atoms with Crippen LogP contribution < -0.4 is 5.32 Å². The topological polar surface area (TPSA) is 54.1 Å². The molecule has 3 rings (SSSR count). The smallest absolute Gasteiger partial charge is 0.268 e. The lowest BCUT2D eigenvalue weighted by Gasteiger charge is -2.30. The van der Waals surface area contributed by atoms with E-state index in [1.54, 1.807) is 25.3 Å². The molecular weight excluding hydrogens is 271 g/mol. The highest BCUT2D eigenvalue weighted by Crippen LogP contribution is 2.22. The van der Waals surface area contributed by atoms with E-state index < -0.39 is 0 Å². The molecule has 2 aromatic rings. The van der Waals surface area contributed by atoms with Crippen LogP contribution in [0.15, 0.2) is 24.3 Å². The normalized spacial score (nSPS) is 22.4. The van der Waals surface area contributed by atoms with E-state index in [0.717, 1.165) is 25.7 Å². The second-order valence-electron chi connectivity index (χ2n) is 5.52. The zero-order chi connectivity index (χ0) is 14.8. The first-order chi connectivity index (χ1) is 10.2. The summed E-state index contributed by atoms with van der Waals surface area (Å²) >= 11 is 0. The molecule has 4 nitrogen and oxygen atoms in total. The summed E-state index contributed by atoms with van der Waals surface area (Å²) in [5.41, 5.74) is 1.02. The van der Waals surface area contributed by atoms with Gasteiger partial charge in [-0.3, -0.25) is 4.79 Å². The fourth-order valence-electron chi connectivity index (χ4n) is 3.03. The van der Waals surface area contributed by atoms with Gasteiger partial charge in [-0.1, -0.05) is 18.9 Å². The Morgan fingerprint density at radius 3 is 2.95 bits per heavy atom. The van der Waals surface area contributed by atoms with Crippen LogP contribution in [0, 0.1) is 5.82 Å². The summed E-state index contributed by atoms with van der Waals surface area (Å²) in [5, 5.41) is 3.44. The summed E-state index contributed by atoms with van der Waals surface area (Å²) in [6.45, 7) is 0. The highest BCUT2D eigenvalue weighted by atomic mass is 19.1. The summed E-state index contributed by atoms with van der Waals surface area (Å²) in [6.07, 6.45) is 4.15. The Hall–Kier alpha value is -1.88. The van der Waals surface area contributed by atoms with Crippen LogP contribution in [0.4, 0.5) is 4.39 Å². The van der Waals surface area contributed by atoms with Crippen LogP contribution in [-0.4, -0.2) is 30.1 Å². The molecule has 0 saturated heterocycles. The van der Waals surface area contributed by atoms with Gasteiger partial charge in [0.25, 0.3) is 5.91 Å². The summed E-state index contributed by atoms with van der Waals surface area (Å²) in [4.78, 5) is 15.3. The average Bonchev–Trinajstić information content (AvgIpc) is 2.93. The summed E-state index contributed by atoms with van der Waals surface area (Å²) in [7, 11) is 1.67. The molecule has 0 spiro atoms. The fourth-order valence-corrected chi connectivity index (χ4v) is 3.03. The lowest BCUT2D eigenvalue weighted by atomic mass is 9.92. The minimum Gasteiger partial charge on any atom is -0.379 e. The standard InChI is InChI=1S/C16H19FN2O2/c1-21-15-8-3-2-6-13(15)19-16(20)14-9-10-11(17)5-4-7-12(10)18-14/h4-5,7,9,13,15,18H,2-3,6,8H2,1H3,(H,19,20)/t13-,15-/m0/s1. The number of ether oxygens (including phenoxy) is 1. The molecule has 2 atom stereocenters. The predicted octanol–water partition coefficient (Wildman–Crippen LogP) is 2.99. The van der Waals surface area contributed by atoms with Crippen LogP contribution in [0.5, 0.6) is 0 Å². The van der Waals surface area contributed by atoms with Crippen LogP contribution >= 0.6 is 0 Å². The number of benzene rings is 1. The zero-order valence-electron chi connectivity index (χ0n) is 12.0. The Kier molecular flexibility index (Phi) is 3.92. The largest absolute Gasteiger partial charge is 0.379 e. The summed E-state index contributed by atoms with van der Waals surface area (Å²) in [6, 6.07) is 6.35. The lowest BCUT2D eigenvalue weighted by molar-refractivity contribution is 0.0391. The maximum Gasteiger partial charge on any atom is 0.268 e. The highest BCUT2D eigenvalue weighted by Gasteiger charge is 2.27. The molecule has 1 aliphatic rings. The van der Waals surface area contributed by atoms with Crippen molar-refractivity contribution in [1.29, 1.82) is 0 Å². The van der Waals surface area contributed by atoms with Crippen molar-refractivity contribution in [2.24, 2.45) is 0 Å². The quantitative estimate of drug-likeness (QED) is 0.913. The average molecular weight is 290 g/mol. The van der Waals surface area contributed by atoms with Crippen LogP contribution in [0.3, 0.4) is 0 Å². The molecule has 1 heterocycles. The molecule has 0 bridgehead atoms. The molecule has 1 aromatic heterocycles. The van der Waals surface area contributed by atoms with Crippen molar-refractivity contribution in [3.05, 3.63) is 35.8 Å². The summed E-state index contributed by atoms with van der Waals surface area (Å²) < 4.78 is 19.1. The number of rotatable bonds is 3. The minimum absolute atomic E-state index is 0.0208. The van der Waals surface area contributed by atoms with Crippen molar-refractivity contribution >= 4 is 16.8 Å². The van der Waals surface area contributed by atoms with E-state index in [2.05, 4.69) is 10.3 Å². The number of amides is 1. The van der Waals surface area contributed by atoms with Gasteiger partial charge >= 0.3 is 0 Å². The van der Waals surface area contributed by atoms with E-state index >= 15 is 0 Å². The zero-order valence-corrected chi connectivity index (χ0v) is 12.0. The number of methoxy groups -OCH3 is 1. The third-order valence-corrected chi connectivity index (χ3v) is 4.18. The Labute approximate surface area is 122 Å². The Bertz CT molecular complexity index is 653. The molecule has 1 amide bonds. The maximum absolute atomic E-state index is 13.7. The van der Waals surface area contributed by atoms with Crippen molar-refractivity contribution in [2.45, 2.75) is 37.8 Å². The minimum atomic E-state index is -0.324. The van der Waals surface area contributed by atoms with Crippen molar-refractivity contribution < 1.29 is 13.9 Å². The van der Waals surface area contributed by atoms with E-state index in [0.29, 0.717) is 16.6 Å². The Morgan fingerprint density at radius 2 is 2.19 bits per heavy atom. The molecule has 1 fully saturated rings. The number of nitrogens with one attached hydrogen (secondary N) is 2. The number of halogens is 1. The molecule has 1 aromatic carbocycles. The highest BCUT2D eigenvalue weighted by molar-refractivity contribution is 5.98. The molecule has 21 heavy (non-hydrogen) atoms. The molecule has 1 saturated carbocycles. The van der Waals surface area contributed by atoms with Crippen LogP contribution in [-0.2, 0) is 4.74 Å². The van der Waals surface area contributed by atoms with E-state index in [9.17, 15) is 9.18 Å². The van der Waals surface area contributed by atoms with Gasteiger partial charge in [-0.05, 0) is 31.0 Å². The first-order valence-electron chi connectivity index (χ1n) is 7.30. The van der Waals surface area contributed by atoms with Gasteiger partial charge in [0.15, 0.2) is 0 Å². The molecule has 2 N–H and O–H groups in total. The van der Waals surface area contributed by atoms with Gasteiger partial charge in [-0.25, -0.2) is 4.39 Å². The third-order valence-electron chi connectivity index (χ3n) is 4.18. The number of aromatic amines is 1. The monoisotopic (exact) mass is 290 g/mol. The number of carbonyl (C=O) groups excluding carboxylic acids is 1. The molecular formula is C16H19FN2O2. The van der Waals surface area contributed by atoms with Gasteiger partial charge in [0.1, 0.15) is 11.5 Å². The van der Waals surface area contributed by atoms with E-state index in [1.807, 2.05) is 0 Å². The van der Waals surface area contributed by atoms with Crippen molar-refractivity contribution in [1.82, 2.24) is 10.3 Å². The number of aromatic nitrogens is 1. The van der Waals surface area contributed by atoms with E-state index in [-0.39, 0.29) is 23.9 Å². The summed E-state index contributed by atoms with van der Waals surface area (Å²) in [5.74, 6) is -0.533. The third kappa shape index (κ3) is 2.78. The molecule has 0 radical (unpaired) electrons. The van der Waals surface area contributed by atoms with Crippen LogP contribution in [0.1, 0.15) is 36.2 Å². The van der Waals surface area contributed by atoms with Gasteiger partial charge in [0, 0.05) is 18.0 Å². The molecule has 112 valence electrons. The van der Waals surface area contributed by atoms with Gasteiger partial charge in [-0.15, -0.1) is 0 Å². The first-order valence-corrected chi connectivity index (χ1v) is 7.30. The Balaban J connectivity index is 1.78. The van der Waals surface area contributed by atoms with Crippen LogP contribution in [0.25, 0.3) is 10.9 Å². The van der Waals surface area contributed by atoms with Crippen molar-refractivity contribution in [3.63, 3.8) is 0 Å². The predicted molar refractivity (Wildman–Crippen MR) is 78.8 cm³/mol. The van der Waals surface area contributed by atoms with Crippen molar-refractivity contribution in [2.75, 3.05) is 7.11 Å². The first kappa shape index (κ1) is 14.1. The van der Waals surface area contributed by atoms with Gasteiger partial charge in [0.05, 0.1) is 12.1 Å². The number of hydrogen-bond acceptors (Lipinski definition) is 2. The fraction of sp³-hybridized carbons (Fsp3) is 0.438. The second kappa shape index (κ2) is 5.85. The lowest BCUT2D eigenvalue weighted by Crippen LogP contribution is -2.46. The van der Waals surface area contributed by atoms with Gasteiger partial charge in [0.2, 0.25) is 0 Å². The van der Waals surface area contributed by atoms with Crippen molar-refractivity contribution in [3.8, 4) is 0 Å². The van der Waals surface area contributed by atoms with Crippen LogP contribution in [0.2, 0.25) is 0 Å². The van der Waals surface area contributed by atoms with E-state index in [1.165, 1.54) is 6.07 Å². The number of hydrogen-bond donors (Lipinski definition) is 2. The Morgan fingerprint density at radius 1 is 1.38 bits per heavy atom. The maximum atomic E-state index is 13.7. The number of H-pyrrole nitrogens is 1. The van der Waals surface area contributed by atoms with Gasteiger partial charge in [-0.2, -0.15) is 0 Å². The number of fused-ring (bicyclic) bond motifs is 1. The number of carbonyl (C=O) groups is 1. The van der Waals surface area contributed by atoms with Gasteiger partial charge < -0.3 is 15.0 Å². The van der Waals surface area contributed by atoms with E-state index in [4.69, 9.17) is 4.74 Å². The molecule has 5 heteroatoms. The SMILES string of the molecule is CO[C@H]1CCCC[C@@H]1NC(=O)c1cc2c(F)cccc2[nH]1. The molecule has 0 aliphatic heterocycles.